The minimum absolute atomic E-state index is 0.511. The van der Waals surface area contributed by atoms with E-state index in [0.29, 0.717) is 12.8 Å². The quantitative estimate of drug-likeness (QED) is 0.669. The van der Waals surface area contributed by atoms with E-state index in [1.807, 2.05) is 54.6 Å². The Morgan fingerprint density at radius 2 is 1.95 bits per heavy atom. The molecule has 0 bridgehead atoms. The molecule has 0 saturated carbocycles. The molecule has 112 valence electrons. The Hall–Kier alpha value is -2.50. The summed E-state index contributed by atoms with van der Waals surface area (Å²) in [6.45, 7) is 3.72. The van der Waals surface area contributed by atoms with E-state index in [1.165, 1.54) is 0 Å². The number of aliphatic hydroxyl groups is 1. The van der Waals surface area contributed by atoms with Gasteiger partial charge in [-0.3, -0.25) is 0 Å². The zero-order valence-electron chi connectivity index (χ0n) is 12.8. The van der Waals surface area contributed by atoms with Crippen molar-refractivity contribution in [3.05, 3.63) is 78.4 Å². The summed E-state index contributed by atoms with van der Waals surface area (Å²) in [7, 11) is 1.62. The summed E-state index contributed by atoms with van der Waals surface area (Å²) in [4.78, 5) is 0. The highest BCUT2D eigenvalue weighted by Crippen LogP contribution is 2.26. The topological polar surface area (TPSA) is 29.5 Å². The summed E-state index contributed by atoms with van der Waals surface area (Å²) in [6, 6.07) is 17.0. The minimum Gasteiger partial charge on any atom is -0.497 e. The van der Waals surface area contributed by atoms with Crippen LogP contribution in [0.25, 0.3) is 0 Å². The van der Waals surface area contributed by atoms with Gasteiger partial charge >= 0.3 is 0 Å². The van der Waals surface area contributed by atoms with Crippen LogP contribution < -0.4 is 4.74 Å². The second-order valence-electron chi connectivity index (χ2n) is 5.04. The molecule has 2 rings (SSSR count). The molecule has 0 aliphatic heterocycles. The zero-order chi connectivity index (χ0) is 15.8. The van der Waals surface area contributed by atoms with E-state index in [0.717, 1.165) is 16.9 Å². The van der Waals surface area contributed by atoms with Crippen molar-refractivity contribution in [3.63, 3.8) is 0 Å². The number of allylic oxidation sites excluding steroid dienone is 1. The lowest BCUT2D eigenvalue weighted by atomic mass is 9.89. The van der Waals surface area contributed by atoms with Crippen LogP contribution in [-0.2, 0) is 5.60 Å². The van der Waals surface area contributed by atoms with Crippen LogP contribution in [0.3, 0.4) is 0 Å². The van der Waals surface area contributed by atoms with Crippen molar-refractivity contribution in [2.24, 2.45) is 0 Å². The van der Waals surface area contributed by atoms with Gasteiger partial charge in [-0.15, -0.1) is 6.58 Å². The SMILES string of the molecule is C=CCCC(O)(C#Cc1cccc(OC)c1)c1ccccc1. The van der Waals surface area contributed by atoms with Crippen LogP contribution in [-0.4, -0.2) is 12.2 Å². The third-order valence-electron chi connectivity index (χ3n) is 3.44. The van der Waals surface area contributed by atoms with Crippen molar-refractivity contribution in [2.45, 2.75) is 18.4 Å². The van der Waals surface area contributed by atoms with E-state index in [-0.39, 0.29) is 0 Å². The molecule has 22 heavy (non-hydrogen) atoms. The molecule has 0 radical (unpaired) electrons. The summed E-state index contributed by atoms with van der Waals surface area (Å²) in [5.74, 6) is 6.82. The molecule has 2 aromatic rings. The van der Waals surface area contributed by atoms with Crippen LogP contribution in [0.4, 0.5) is 0 Å². The summed E-state index contributed by atoms with van der Waals surface area (Å²) >= 11 is 0. The van der Waals surface area contributed by atoms with Gasteiger partial charge in [-0.1, -0.05) is 54.3 Å². The fraction of sp³-hybridized carbons (Fsp3) is 0.200. The maximum atomic E-state index is 10.9. The van der Waals surface area contributed by atoms with Crippen molar-refractivity contribution < 1.29 is 9.84 Å². The third-order valence-corrected chi connectivity index (χ3v) is 3.44. The smallest absolute Gasteiger partial charge is 0.151 e. The first-order valence-corrected chi connectivity index (χ1v) is 7.24. The molecule has 0 aromatic heterocycles. The van der Waals surface area contributed by atoms with Crippen LogP contribution in [0.2, 0.25) is 0 Å². The van der Waals surface area contributed by atoms with Crippen LogP contribution in [0.15, 0.2) is 67.3 Å². The molecular weight excluding hydrogens is 272 g/mol. The highest BCUT2D eigenvalue weighted by atomic mass is 16.5. The van der Waals surface area contributed by atoms with Gasteiger partial charge in [0.25, 0.3) is 0 Å². The van der Waals surface area contributed by atoms with Gasteiger partial charge in [-0.05, 0) is 36.6 Å². The van der Waals surface area contributed by atoms with Gasteiger partial charge in [0.2, 0.25) is 0 Å². The zero-order valence-corrected chi connectivity index (χ0v) is 12.8. The van der Waals surface area contributed by atoms with E-state index < -0.39 is 5.60 Å². The minimum atomic E-state index is -1.18. The first-order valence-electron chi connectivity index (χ1n) is 7.24. The summed E-state index contributed by atoms with van der Waals surface area (Å²) in [5.41, 5.74) is 0.429. The molecule has 0 heterocycles. The molecule has 2 aromatic carbocycles. The maximum absolute atomic E-state index is 10.9. The summed E-state index contributed by atoms with van der Waals surface area (Å²) in [5, 5.41) is 10.9. The molecular formula is C20H20O2. The van der Waals surface area contributed by atoms with E-state index in [2.05, 4.69) is 18.4 Å². The Balaban J connectivity index is 2.35. The number of benzene rings is 2. The van der Waals surface area contributed by atoms with Crippen LogP contribution >= 0.6 is 0 Å². The molecule has 0 aliphatic carbocycles. The first kappa shape index (κ1) is 15.9. The Morgan fingerprint density at radius 1 is 1.18 bits per heavy atom. The Morgan fingerprint density at radius 3 is 2.64 bits per heavy atom. The van der Waals surface area contributed by atoms with Gasteiger partial charge in [0, 0.05) is 5.56 Å². The van der Waals surface area contributed by atoms with Gasteiger partial charge in [0.1, 0.15) is 5.75 Å². The Kier molecular flexibility index (Phi) is 5.41. The molecule has 1 N–H and O–H groups in total. The molecule has 2 heteroatoms. The number of hydrogen-bond donors (Lipinski definition) is 1. The second-order valence-corrected chi connectivity index (χ2v) is 5.04. The normalized spacial score (nSPS) is 12.6. The Labute approximate surface area is 132 Å². The number of methoxy groups -OCH3 is 1. The van der Waals surface area contributed by atoms with Crippen LogP contribution in [0, 0.1) is 11.8 Å². The third kappa shape index (κ3) is 4.00. The second kappa shape index (κ2) is 7.49. The van der Waals surface area contributed by atoms with Gasteiger partial charge in [-0.25, -0.2) is 0 Å². The van der Waals surface area contributed by atoms with E-state index in [4.69, 9.17) is 4.74 Å². The monoisotopic (exact) mass is 292 g/mol. The van der Waals surface area contributed by atoms with Crippen molar-refractivity contribution in [2.75, 3.05) is 7.11 Å². The molecule has 0 aliphatic rings. The molecule has 1 unspecified atom stereocenters. The van der Waals surface area contributed by atoms with Gasteiger partial charge < -0.3 is 9.84 Å². The predicted molar refractivity (Wildman–Crippen MR) is 89.6 cm³/mol. The summed E-state index contributed by atoms with van der Waals surface area (Å²) in [6.07, 6.45) is 3.00. The largest absolute Gasteiger partial charge is 0.497 e. The fourth-order valence-electron chi connectivity index (χ4n) is 2.18. The number of ether oxygens (including phenoxy) is 1. The molecule has 0 fully saturated rings. The lowest BCUT2D eigenvalue weighted by Gasteiger charge is -2.22. The van der Waals surface area contributed by atoms with Crippen LogP contribution in [0.5, 0.6) is 5.75 Å². The molecule has 0 spiro atoms. The van der Waals surface area contributed by atoms with E-state index >= 15 is 0 Å². The summed E-state index contributed by atoms with van der Waals surface area (Å²) < 4.78 is 5.19. The highest BCUT2D eigenvalue weighted by Gasteiger charge is 2.25. The van der Waals surface area contributed by atoms with Gasteiger partial charge in [0.15, 0.2) is 5.60 Å². The average Bonchev–Trinajstić information content (AvgIpc) is 2.59. The van der Waals surface area contributed by atoms with Gasteiger partial charge in [0.05, 0.1) is 7.11 Å². The lowest BCUT2D eigenvalue weighted by Crippen LogP contribution is -2.23. The van der Waals surface area contributed by atoms with Crippen molar-refractivity contribution >= 4 is 0 Å². The standard InChI is InChI=1S/C20H20O2/c1-3-4-14-20(21,18-10-6-5-7-11-18)15-13-17-9-8-12-19(16-17)22-2/h3,5-12,16,21H,1,4,14H2,2H3. The number of hydrogen-bond acceptors (Lipinski definition) is 2. The van der Waals surface area contributed by atoms with E-state index in [1.54, 1.807) is 13.2 Å². The maximum Gasteiger partial charge on any atom is 0.151 e. The molecule has 1 atom stereocenters. The first-order chi connectivity index (χ1) is 10.7. The molecule has 2 nitrogen and oxygen atoms in total. The van der Waals surface area contributed by atoms with Crippen molar-refractivity contribution in [3.8, 4) is 17.6 Å². The van der Waals surface area contributed by atoms with Crippen molar-refractivity contribution in [1.29, 1.82) is 0 Å². The number of rotatable bonds is 5. The predicted octanol–water partition coefficient (Wildman–Crippen LogP) is 3.90. The highest BCUT2D eigenvalue weighted by molar-refractivity contribution is 5.43. The van der Waals surface area contributed by atoms with Gasteiger partial charge in [-0.2, -0.15) is 0 Å². The fourth-order valence-corrected chi connectivity index (χ4v) is 2.18. The lowest BCUT2D eigenvalue weighted by molar-refractivity contribution is 0.0914. The van der Waals surface area contributed by atoms with Crippen LogP contribution in [0.1, 0.15) is 24.0 Å². The average molecular weight is 292 g/mol. The van der Waals surface area contributed by atoms with E-state index in [9.17, 15) is 5.11 Å². The van der Waals surface area contributed by atoms with Crippen molar-refractivity contribution in [1.82, 2.24) is 0 Å². The Bertz CT molecular complexity index is 680. The molecule has 0 saturated heterocycles. The molecule has 0 amide bonds.